The lowest BCUT2D eigenvalue weighted by molar-refractivity contribution is -0.137. The van der Waals surface area contributed by atoms with Crippen LogP contribution >= 0.6 is 0 Å². The van der Waals surface area contributed by atoms with E-state index in [4.69, 9.17) is 9.84 Å². The van der Waals surface area contributed by atoms with Crippen molar-refractivity contribution in [3.8, 4) is 0 Å². The quantitative estimate of drug-likeness (QED) is 0.579. The monoisotopic (exact) mass is 257 g/mol. The lowest BCUT2D eigenvalue weighted by Gasteiger charge is -2.20. The summed E-state index contributed by atoms with van der Waals surface area (Å²) in [6.07, 6.45) is 1.32. The van der Waals surface area contributed by atoms with Crippen LogP contribution in [0, 0.1) is 0 Å². The number of urea groups is 1. The van der Waals surface area contributed by atoms with Crippen molar-refractivity contribution in [1.82, 2.24) is 25.4 Å². The van der Waals surface area contributed by atoms with Crippen LogP contribution in [0.25, 0.3) is 0 Å². The number of aromatic nitrogens is 3. The number of carboxylic acids is 1. The number of hydrogen-bond acceptors (Lipinski definition) is 5. The number of nitrogens with zero attached hydrogens (tertiary/aromatic N) is 3. The molecule has 0 saturated carbocycles. The van der Waals surface area contributed by atoms with Gasteiger partial charge in [-0.25, -0.2) is 9.78 Å². The SMILES string of the molecule is COCCN(CC(=O)O)C(=O)NCc1ncn[nH]1. The lowest BCUT2D eigenvalue weighted by Crippen LogP contribution is -2.44. The van der Waals surface area contributed by atoms with Gasteiger partial charge in [-0.15, -0.1) is 0 Å². The van der Waals surface area contributed by atoms with Crippen LogP contribution in [-0.2, 0) is 16.1 Å². The maximum absolute atomic E-state index is 11.7. The number of aliphatic carboxylic acids is 1. The van der Waals surface area contributed by atoms with Gasteiger partial charge in [0.25, 0.3) is 0 Å². The number of ether oxygens (including phenoxy) is 1. The molecule has 100 valence electrons. The lowest BCUT2D eigenvalue weighted by atomic mass is 10.5. The molecule has 1 aromatic rings. The highest BCUT2D eigenvalue weighted by molar-refractivity contribution is 5.79. The normalized spacial score (nSPS) is 10.1. The number of amides is 2. The Hall–Kier alpha value is -2.16. The summed E-state index contributed by atoms with van der Waals surface area (Å²) >= 11 is 0. The maximum atomic E-state index is 11.7. The zero-order valence-corrected chi connectivity index (χ0v) is 9.92. The van der Waals surface area contributed by atoms with Crippen molar-refractivity contribution < 1.29 is 19.4 Å². The number of aromatic amines is 1. The van der Waals surface area contributed by atoms with Crippen LogP contribution in [0.5, 0.6) is 0 Å². The number of carbonyl (C=O) groups is 2. The highest BCUT2D eigenvalue weighted by atomic mass is 16.5. The zero-order valence-electron chi connectivity index (χ0n) is 9.92. The fourth-order valence-corrected chi connectivity index (χ4v) is 1.20. The van der Waals surface area contributed by atoms with Gasteiger partial charge in [0.2, 0.25) is 0 Å². The van der Waals surface area contributed by atoms with E-state index in [9.17, 15) is 9.59 Å². The molecule has 0 saturated heterocycles. The number of hydrogen-bond donors (Lipinski definition) is 3. The van der Waals surface area contributed by atoms with E-state index in [-0.39, 0.29) is 26.2 Å². The van der Waals surface area contributed by atoms with Crippen molar-refractivity contribution in [2.24, 2.45) is 0 Å². The van der Waals surface area contributed by atoms with Crippen LogP contribution in [0.15, 0.2) is 6.33 Å². The first kappa shape index (κ1) is 13.9. The summed E-state index contributed by atoms with van der Waals surface area (Å²) in [6.45, 7) is 0.238. The third-order valence-electron chi connectivity index (χ3n) is 2.05. The van der Waals surface area contributed by atoms with Crippen LogP contribution in [-0.4, -0.2) is 64.0 Å². The largest absolute Gasteiger partial charge is 0.480 e. The molecule has 0 aliphatic heterocycles. The molecule has 0 radical (unpaired) electrons. The second-order valence-electron chi connectivity index (χ2n) is 3.40. The van der Waals surface area contributed by atoms with Gasteiger partial charge in [-0.3, -0.25) is 9.89 Å². The highest BCUT2D eigenvalue weighted by Crippen LogP contribution is 1.92. The Labute approximate surface area is 103 Å². The minimum atomic E-state index is -1.08. The van der Waals surface area contributed by atoms with Gasteiger partial charge in [0, 0.05) is 13.7 Å². The van der Waals surface area contributed by atoms with E-state index >= 15 is 0 Å². The molecular weight excluding hydrogens is 242 g/mol. The Balaban J connectivity index is 2.44. The molecular formula is C9H15N5O4. The van der Waals surface area contributed by atoms with Crippen LogP contribution in [0.4, 0.5) is 4.79 Å². The maximum Gasteiger partial charge on any atom is 0.323 e. The summed E-state index contributed by atoms with van der Waals surface area (Å²) in [4.78, 5) is 27.3. The van der Waals surface area contributed by atoms with E-state index in [1.54, 1.807) is 0 Å². The van der Waals surface area contributed by atoms with E-state index in [0.29, 0.717) is 5.82 Å². The molecule has 3 N–H and O–H groups in total. The topological polar surface area (TPSA) is 120 Å². The van der Waals surface area contributed by atoms with Crippen molar-refractivity contribution >= 4 is 12.0 Å². The molecule has 1 aromatic heterocycles. The number of rotatable bonds is 7. The first-order chi connectivity index (χ1) is 8.63. The number of nitrogens with one attached hydrogen (secondary N) is 2. The van der Waals surface area contributed by atoms with E-state index in [1.165, 1.54) is 13.4 Å². The first-order valence-electron chi connectivity index (χ1n) is 5.21. The number of carbonyl (C=O) groups excluding carboxylic acids is 1. The van der Waals surface area contributed by atoms with Crippen molar-refractivity contribution in [3.05, 3.63) is 12.2 Å². The molecule has 0 aliphatic rings. The molecule has 1 heterocycles. The summed E-state index contributed by atoms with van der Waals surface area (Å²) in [5.41, 5.74) is 0. The zero-order chi connectivity index (χ0) is 13.4. The van der Waals surface area contributed by atoms with Gasteiger partial charge in [0.15, 0.2) is 0 Å². The van der Waals surface area contributed by atoms with Crippen molar-refractivity contribution in [3.63, 3.8) is 0 Å². The van der Waals surface area contributed by atoms with E-state index < -0.39 is 12.0 Å². The summed E-state index contributed by atoms with van der Waals surface area (Å²) < 4.78 is 4.81. The summed E-state index contributed by atoms with van der Waals surface area (Å²) in [5.74, 6) is -0.591. The molecule has 0 atom stereocenters. The van der Waals surface area contributed by atoms with Gasteiger partial charge in [-0.2, -0.15) is 5.10 Å². The molecule has 9 nitrogen and oxygen atoms in total. The summed E-state index contributed by atoms with van der Waals surface area (Å²) in [5, 5.41) is 17.4. The van der Waals surface area contributed by atoms with Crippen molar-refractivity contribution in [1.29, 1.82) is 0 Å². The first-order valence-corrected chi connectivity index (χ1v) is 5.21. The molecule has 0 aliphatic carbocycles. The molecule has 0 aromatic carbocycles. The summed E-state index contributed by atoms with van der Waals surface area (Å²) in [6, 6.07) is -0.495. The van der Waals surface area contributed by atoms with Gasteiger partial charge in [-0.05, 0) is 0 Å². The van der Waals surface area contributed by atoms with Crippen molar-refractivity contribution in [2.75, 3.05) is 26.8 Å². The Bertz CT molecular complexity index is 380. The van der Waals surface area contributed by atoms with Crippen LogP contribution in [0.1, 0.15) is 5.82 Å². The van der Waals surface area contributed by atoms with Gasteiger partial charge in [0.1, 0.15) is 18.7 Å². The van der Waals surface area contributed by atoms with Gasteiger partial charge < -0.3 is 20.1 Å². The van der Waals surface area contributed by atoms with Gasteiger partial charge in [-0.1, -0.05) is 0 Å². The minimum absolute atomic E-state index is 0.155. The van der Waals surface area contributed by atoms with E-state index in [1.807, 2.05) is 0 Å². The fourth-order valence-electron chi connectivity index (χ4n) is 1.20. The number of H-pyrrole nitrogens is 1. The molecule has 2 amide bonds. The Morgan fingerprint density at radius 1 is 1.61 bits per heavy atom. The molecule has 0 bridgehead atoms. The standard InChI is InChI=1S/C9H15N5O4/c1-18-3-2-14(5-8(15)16)9(17)10-4-7-11-6-12-13-7/h6H,2-5H2,1H3,(H,10,17)(H,15,16)(H,11,12,13). The molecule has 1 rings (SSSR count). The molecule has 9 heteroatoms. The van der Waals surface area contributed by atoms with Gasteiger partial charge in [0.05, 0.1) is 13.2 Å². The van der Waals surface area contributed by atoms with Crippen molar-refractivity contribution in [2.45, 2.75) is 6.54 Å². The van der Waals surface area contributed by atoms with Crippen LogP contribution in [0.3, 0.4) is 0 Å². The second kappa shape index (κ2) is 7.22. The predicted molar refractivity (Wildman–Crippen MR) is 59.7 cm³/mol. The summed E-state index contributed by atoms with van der Waals surface area (Å²) in [7, 11) is 1.48. The molecule has 0 spiro atoms. The van der Waals surface area contributed by atoms with E-state index in [2.05, 4.69) is 20.5 Å². The predicted octanol–water partition coefficient (Wildman–Crippen LogP) is -0.953. The van der Waals surface area contributed by atoms with Crippen LogP contribution in [0.2, 0.25) is 0 Å². The molecule has 0 fully saturated rings. The Kier molecular flexibility index (Phi) is 5.58. The third-order valence-corrected chi connectivity index (χ3v) is 2.05. The highest BCUT2D eigenvalue weighted by Gasteiger charge is 2.16. The molecule has 0 unspecified atom stereocenters. The smallest absolute Gasteiger partial charge is 0.323 e. The fraction of sp³-hybridized carbons (Fsp3) is 0.556. The molecule has 18 heavy (non-hydrogen) atoms. The second-order valence-corrected chi connectivity index (χ2v) is 3.40. The third kappa shape index (κ3) is 4.78. The average molecular weight is 257 g/mol. The number of carboxylic acid groups (broad SMARTS) is 1. The minimum Gasteiger partial charge on any atom is -0.480 e. The van der Waals surface area contributed by atoms with E-state index in [0.717, 1.165) is 4.90 Å². The Morgan fingerprint density at radius 2 is 2.39 bits per heavy atom. The Morgan fingerprint density at radius 3 is 2.94 bits per heavy atom. The van der Waals surface area contributed by atoms with Gasteiger partial charge >= 0.3 is 12.0 Å². The average Bonchev–Trinajstić information content (AvgIpc) is 2.84. The number of methoxy groups -OCH3 is 1. The van der Waals surface area contributed by atoms with Crippen LogP contribution < -0.4 is 5.32 Å².